The number of carbonyl (C=O) groups excluding carboxylic acids is 2. The lowest BCUT2D eigenvalue weighted by atomic mass is 9.99. The number of hydrogen-bond acceptors (Lipinski definition) is 6. The summed E-state index contributed by atoms with van der Waals surface area (Å²) in [6.45, 7) is 6.55. The van der Waals surface area contributed by atoms with Gasteiger partial charge in [-0.05, 0) is 44.9 Å². The highest BCUT2D eigenvalue weighted by Crippen LogP contribution is 2.39. The number of aldehydes is 1. The van der Waals surface area contributed by atoms with Crippen LogP contribution in [0.3, 0.4) is 0 Å². The zero-order valence-electron chi connectivity index (χ0n) is 18.2. The monoisotopic (exact) mass is 469 g/mol. The van der Waals surface area contributed by atoms with Gasteiger partial charge in [0.15, 0.2) is 5.82 Å². The third kappa shape index (κ3) is 4.25. The lowest BCUT2D eigenvalue weighted by molar-refractivity contribution is -0.121. The average Bonchev–Trinajstić information content (AvgIpc) is 3.24. The maximum absolute atomic E-state index is 12.7. The van der Waals surface area contributed by atoms with E-state index >= 15 is 0 Å². The Balaban J connectivity index is 1.80. The topological polar surface area (TPSA) is 89.2 Å². The molecule has 4 rings (SSSR count). The van der Waals surface area contributed by atoms with Gasteiger partial charge in [-0.1, -0.05) is 23.7 Å². The molecule has 0 fully saturated rings. The Morgan fingerprint density at radius 1 is 1.22 bits per heavy atom. The molecule has 0 saturated carbocycles. The maximum Gasteiger partial charge on any atom is 0.222 e. The van der Waals surface area contributed by atoms with Crippen molar-refractivity contribution >= 4 is 40.8 Å². The molecule has 32 heavy (non-hydrogen) atoms. The van der Waals surface area contributed by atoms with Crippen molar-refractivity contribution in [2.45, 2.75) is 46.1 Å². The summed E-state index contributed by atoms with van der Waals surface area (Å²) in [6, 6.07) is 7.10. The second kappa shape index (κ2) is 9.34. The minimum atomic E-state index is -0.493. The minimum absolute atomic E-state index is 0.134. The van der Waals surface area contributed by atoms with Crippen molar-refractivity contribution in [3.63, 3.8) is 0 Å². The fraction of sp³-hybridized carbons (Fsp3) is 0.348. The molecule has 1 aliphatic rings. The summed E-state index contributed by atoms with van der Waals surface area (Å²) >= 11 is 7.80. The zero-order valence-corrected chi connectivity index (χ0v) is 19.8. The van der Waals surface area contributed by atoms with Crippen LogP contribution in [0.2, 0.25) is 5.02 Å². The maximum atomic E-state index is 12.7. The van der Waals surface area contributed by atoms with Crippen LogP contribution in [-0.2, 0) is 9.59 Å². The molecule has 0 saturated heterocycles. The smallest absolute Gasteiger partial charge is 0.222 e. The highest BCUT2D eigenvalue weighted by atomic mass is 35.5. The number of nitrogens with zero attached hydrogens (tertiary/aromatic N) is 4. The quantitative estimate of drug-likeness (QED) is 0.413. The van der Waals surface area contributed by atoms with Gasteiger partial charge < -0.3 is 10.1 Å². The molecular formula is C23H24ClN5O2S. The van der Waals surface area contributed by atoms with Crippen LogP contribution in [0.5, 0.6) is 0 Å². The van der Waals surface area contributed by atoms with Crippen molar-refractivity contribution in [1.82, 2.24) is 20.1 Å². The van der Waals surface area contributed by atoms with Crippen molar-refractivity contribution < 1.29 is 9.59 Å². The second-order valence-electron chi connectivity index (χ2n) is 7.77. The first kappa shape index (κ1) is 22.4. The van der Waals surface area contributed by atoms with Gasteiger partial charge in [0.05, 0.1) is 12.1 Å². The number of aryl methyl sites for hydroxylation is 2. The molecule has 0 spiro atoms. The molecule has 0 aliphatic carbocycles. The van der Waals surface area contributed by atoms with E-state index in [2.05, 4.69) is 29.4 Å². The molecule has 1 N–H and O–H groups in total. The SMILES string of the molecule is Cc1sc2c(c1C)C(c1ccc(Cl)cc1)=N[C@H](CC(=O)NCCCC=O)c1nnc(C)n1-2. The summed E-state index contributed by atoms with van der Waals surface area (Å²) in [4.78, 5) is 29.5. The molecule has 3 heterocycles. The Hall–Kier alpha value is -2.84. The van der Waals surface area contributed by atoms with Gasteiger partial charge in [0, 0.05) is 34.0 Å². The van der Waals surface area contributed by atoms with Gasteiger partial charge in [0.2, 0.25) is 5.91 Å². The van der Waals surface area contributed by atoms with E-state index < -0.39 is 6.04 Å². The number of aliphatic imine (C=N–C) groups is 1. The van der Waals surface area contributed by atoms with Gasteiger partial charge >= 0.3 is 0 Å². The number of halogens is 1. The third-order valence-corrected chi connectivity index (χ3v) is 7.00. The molecule has 9 heteroatoms. The number of unbranched alkanes of at least 4 members (excludes halogenated alkanes) is 1. The minimum Gasteiger partial charge on any atom is -0.356 e. The number of benzene rings is 1. The molecule has 1 aromatic carbocycles. The van der Waals surface area contributed by atoms with Crippen LogP contribution in [0.4, 0.5) is 0 Å². The van der Waals surface area contributed by atoms with E-state index in [4.69, 9.17) is 16.6 Å². The lowest BCUT2D eigenvalue weighted by Gasteiger charge is -2.13. The van der Waals surface area contributed by atoms with Crippen LogP contribution in [0, 0.1) is 20.8 Å². The Morgan fingerprint density at radius 3 is 2.69 bits per heavy atom. The van der Waals surface area contributed by atoms with Gasteiger partial charge in [-0.15, -0.1) is 21.5 Å². The molecule has 1 amide bonds. The third-order valence-electron chi connectivity index (χ3n) is 5.56. The average molecular weight is 470 g/mol. The van der Waals surface area contributed by atoms with E-state index in [1.54, 1.807) is 11.3 Å². The summed E-state index contributed by atoms with van der Waals surface area (Å²) < 4.78 is 2.02. The molecule has 166 valence electrons. The summed E-state index contributed by atoms with van der Waals surface area (Å²) in [5, 5.41) is 13.2. The second-order valence-corrected chi connectivity index (χ2v) is 9.41. The number of amides is 1. The molecule has 3 aromatic rings. The zero-order chi connectivity index (χ0) is 22.8. The van der Waals surface area contributed by atoms with Crippen LogP contribution >= 0.6 is 22.9 Å². The molecular weight excluding hydrogens is 446 g/mol. The first-order chi connectivity index (χ1) is 15.4. The highest BCUT2D eigenvalue weighted by molar-refractivity contribution is 7.15. The number of hydrogen-bond donors (Lipinski definition) is 1. The first-order valence-corrected chi connectivity index (χ1v) is 11.7. The summed E-state index contributed by atoms with van der Waals surface area (Å²) in [6.07, 6.45) is 2.04. The number of aromatic nitrogens is 3. The summed E-state index contributed by atoms with van der Waals surface area (Å²) in [5.74, 6) is 1.27. The van der Waals surface area contributed by atoms with Gasteiger partial charge in [-0.3, -0.25) is 14.4 Å². The Morgan fingerprint density at radius 2 is 1.97 bits per heavy atom. The molecule has 0 unspecified atom stereocenters. The standard InChI is InChI=1S/C23H24ClN5O2S/c1-13-14(2)32-23-20(13)21(16-6-8-17(24)9-7-16)26-18(22-28-27-15(3)29(22)23)12-19(31)25-10-4-5-11-30/h6-9,11,18H,4-5,10,12H2,1-3H3,(H,25,31)/t18-/m1/s1. The number of carbonyl (C=O) groups is 2. The number of fused-ring (bicyclic) bond motifs is 3. The van der Waals surface area contributed by atoms with E-state index in [1.165, 1.54) is 4.88 Å². The summed E-state index contributed by atoms with van der Waals surface area (Å²) in [5.41, 5.74) is 3.94. The van der Waals surface area contributed by atoms with E-state index in [0.717, 1.165) is 39.5 Å². The number of nitrogens with one attached hydrogen (secondary N) is 1. The normalized spacial score (nSPS) is 14.9. The first-order valence-electron chi connectivity index (χ1n) is 10.5. The van der Waals surface area contributed by atoms with Gasteiger partial charge in [-0.25, -0.2) is 0 Å². The molecule has 0 bridgehead atoms. The van der Waals surface area contributed by atoms with E-state index in [1.807, 2.05) is 35.8 Å². The van der Waals surface area contributed by atoms with E-state index in [0.29, 0.717) is 30.2 Å². The van der Waals surface area contributed by atoms with Crippen LogP contribution in [0.15, 0.2) is 29.3 Å². The fourth-order valence-electron chi connectivity index (χ4n) is 3.79. The van der Waals surface area contributed by atoms with Crippen molar-refractivity contribution in [3.05, 3.63) is 62.5 Å². The molecule has 0 radical (unpaired) electrons. The van der Waals surface area contributed by atoms with Crippen LogP contribution in [-0.4, -0.2) is 39.2 Å². The predicted octanol–water partition coefficient (Wildman–Crippen LogP) is 4.28. The van der Waals surface area contributed by atoms with Crippen LogP contribution < -0.4 is 5.32 Å². The highest BCUT2D eigenvalue weighted by Gasteiger charge is 2.32. The molecule has 1 atom stereocenters. The number of rotatable bonds is 7. The Labute approximate surface area is 195 Å². The largest absolute Gasteiger partial charge is 0.356 e. The van der Waals surface area contributed by atoms with Crippen molar-refractivity contribution in [2.24, 2.45) is 4.99 Å². The molecule has 2 aromatic heterocycles. The predicted molar refractivity (Wildman–Crippen MR) is 126 cm³/mol. The van der Waals surface area contributed by atoms with Gasteiger partial charge in [0.1, 0.15) is 23.2 Å². The molecule has 1 aliphatic heterocycles. The Bertz CT molecular complexity index is 1200. The lowest BCUT2D eigenvalue weighted by Crippen LogP contribution is -2.26. The van der Waals surface area contributed by atoms with Crippen molar-refractivity contribution in [1.29, 1.82) is 0 Å². The van der Waals surface area contributed by atoms with Gasteiger partial charge in [-0.2, -0.15) is 0 Å². The van der Waals surface area contributed by atoms with E-state index in [-0.39, 0.29) is 12.3 Å². The van der Waals surface area contributed by atoms with Gasteiger partial charge in [0.25, 0.3) is 0 Å². The van der Waals surface area contributed by atoms with Crippen molar-refractivity contribution in [2.75, 3.05) is 6.54 Å². The van der Waals surface area contributed by atoms with Crippen molar-refractivity contribution in [3.8, 4) is 5.00 Å². The Kier molecular flexibility index (Phi) is 6.53. The summed E-state index contributed by atoms with van der Waals surface area (Å²) in [7, 11) is 0. The molecule has 7 nitrogen and oxygen atoms in total. The fourth-order valence-corrected chi connectivity index (χ4v) is 5.13. The number of thiophene rings is 1. The van der Waals surface area contributed by atoms with Crippen LogP contribution in [0.1, 0.15) is 58.5 Å². The van der Waals surface area contributed by atoms with Crippen LogP contribution in [0.25, 0.3) is 5.00 Å². The van der Waals surface area contributed by atoms with E-state index in [9.17, 15) is 9.59 Å².